The van der Waals surface area contributed by atoms with Gasteiger partial charge >= 0.3 is 0 Å². The van der Waals surface area contributed by atoms with Gasteiger partial charge < -0.3 is 0 Å². The van der Waals surface area contributed by atoms with E-state index in [9.17, 15) is 4.39 Å². The summed E-state index contributed by atoms with van der Waals surface area (Å²) in [5.74, 6) is 4.91. The Bertz CT molecular complexity index is 236. The van der Waals surface area contributed by atoms with Crippen molar-refractivity contribution in [2.45, 2.75) is 19.8 Å². The van der Waals surface area contributed by atoms with Gasteiger partial charge in [-0.15, -0.1) is 10.2 Å². The minimum Gasteiger partial charge on any atom is -0.290 e. The topological polar surface area (TPSA) is 70.8 Å². The van der Waals surface area contributed by atoms with Gasteiger partial charge in [0.05, 0.1) is 0 Å². The van der Waals surface area contributed by atoms with Gasteiger partial charge in [0, 0.05) is 6.54 Å². The maximum Gasteiger partial charge on any atom is 0.277 e. The fourth-order valence-corrected chi connectivity index (χ4v) is 0.829. The minimum atomic E-state index is -0.659. The summed E-state index contributed by atoms with van der Waals surface area (Å²) < 4.78 is 12.7. The Morgan fingerprint density at radius 3 is 2.83 bits per heavy atom. The van der Waals surface area contributed by atoms with E-state index in [2.05, 4.69) is 15.4 Å². The van der Waals surface area contributed by atoms with E-state index < -0.39 is 5.95 Å². The normalized spacial score (nSPS) is 10.2. The summed E-state index contributed by atoms with van der Waals surface area (Å²) in [5, 5.41) is 10.2. The second-order valence-corrected chi connectivity index (χ2v) is 2.48. The summed E-state index contributed by atoms with van der Waals surface area (Å²) in [6, 6.07) is 0. The van der Waals surface area contributed by atoms with Crippen LogP contribution in [0.4, 0.5) is 10.2 Å². The maximum atomic E-state index is 12.7. The number of halogens is 1. The number of nitrogens with zero attached hydrogens (tertiary/aromatic N) is 3. The van der Waals surface area contributed by atoms with Crippen molar-refractivity contribution in [2.75, 3.05) is 11.6 Å². The number of aromatic nitrogens is 3. The molecule has 1 aromatic rings. The van der Waals surface area contributed by atoms with Gasteiger partial charge in [-0.05, 0) is 6.42 Å². The van der Waals surface area contributed by atoms with Crippen LogP contribution in [0.2, 0.25) is 0 Å². The summed E-state index contributed by atoms with van der Waals surface area (Å²) in [4.78, 5) is 0. The minimum absolute atomic E-state index is 0.0726. The fraction of sp³-hybridized carbons (Fsp3) is 0.667. The van der Waals surface area contributed by atoms with E-state index in [4.69, 9.17) is 5.84 Å². The first kappa shape index (κ1) is 8.92. The molecule has 3 N–H and O–H groups in total. The molecule has 0 atom stereocenters. The highest BCUT2D eigenvalue weighted by Crippen LogP contribution is 2.08. The number of H-pyrrole nitrogens is 1. The molecule has 0 aliphatic heterocycles. The van der Waals surface area contributed by atoms with Crippen LogP contribution in [0.25, 0.3) is 0 Å². The molecule has 0 saturated carbocycles. The lowest BCUT2D eigenvalue weighted by atomic mass is 10.3. The van der Waals surface area contributed by atoms with Crippen LogP contribution in [-0.2, 0) is 0 Å². The molecule has 6 heteroatoms. The number of aromatic amines is 1. The Hall–Kier alpha value is -1.17. The molecular formula is C6H12FN5. The number of hydrazine groups is 1. The molecule has 0 saturated heterocycles. The van der Waals surface area contributed by atoms with E-state index >= 15 is 0 Å². The van der Waals surface area contributed by atoms with Gasteiger partial charge in [-0.2, -0.15) is 9.60 Å². The van der Waals surface area contributed by atoms with Crippen molar-refractivity contribution in [2.24, 2.45) is 5.84 Å². The molecule has 0 amide bonds. The number of hydrogen-bond donors (Lipinski definition) is 2. The van der Waals surface area contributed by atoms with Gasteiger partial charge in [0.25, 0.3) is 5.95 Å². The third kappa shape index (κ3) is 1.91. The molecule has 0 radical (unpaired) electrons. The summed E-state index contributed by atoms with van der Waals surface area (Å²) in [6.45, 7) is 2.62. The second kappa shape index (κ2) is 4.01. The van der Waals surface area contributed by atoms with Crippen LogP contribution < -0.4 is 10.9 Å². The van der Waals surface area contributed by atoms with Crippen molar-refractivity contribution < 1.29 is 4.39 Å². The Kier molecular flexibility index (Phi) is 2.98. The molecule has 0 bridgehead atoms. The molecule has 68 valence electrons. The summed E-state index contributed by atoms with van der Waals surface area (Å²) in [6.07, 6.45) is 1.91. The fourth-order valence-electron chi connectivity index (χ4n) is 0.829. The Morgan fingerprint density at radius 1 is 1.58 bits per heavy atom. The van der Waals surface area contributed by atoms with Gasteiger partial charge in [-0.3, -0.25) is 5.01 Å². The van der Waals surface area contributed by atoms with E-state index in [0.717, 1.165) is 12.8 Å². The monoisotopic (exact) mass is 173 g/mol. The first-order chi connectivity index (χ1) is 5.75. The smallest absolute Gasteiger partial charge is 0.277 e. The molecule has 0 unspecified atom stereocenters. The first-order valence-electron chi connectivity index (χ1n) is 3.84. The SMILES string of the molecule is CCCCN(N)c1n[nH]nc1F. The van der Waals surface area contributed by atoms with Crippen LogP contribution in [0.3, 0.4) is 0 Å². The summed E-state index contributed by atoms with van der Waals surface area (Å²) in [5.41, 5.74) is 0. The summed E-state index contributed by atoms with van der Waals surface area (Å²) >= 11 is 0. The average molecular weight is 173 g/mol. The molecule has 1 rings (SSSR count). The van der Waals surface area contributed by atoms with E-state index in [1.807, 2.05) is 6.92 Å². The number of rotatable bonds is 4. The van der Waals surface area contributed by atoms with Crippen LogP contribution >= 0.6 is 0 Å². The highest BCUT2D eigenvalue weighted by molar-refractivity contribution is 5.32. The van der Waals surface area contributed by atoms with Crippen LogP contribution in [0, 0.1) is 5.95 Å². The largest absolute Gasteiger partial charge is 0.290 e. The van der Waals surface area contributed by atoms with Gasteiger partial charge in [-0.25, -0.2) is 5.84 Å². The van der Waals surface area contributed by atoms with Crippen molar-refractivity contribution in [3.05, 3.63) is 5.95 Å². The molecular weight excluding hydrogens is 161 g/mol. The van der Waals surface area contributed by atoms with Gasteiger partial charge in [-0.1, -0.05) is 13.3 Å². The Labute approximate surface area is 69.7 Å². The number of hydrogen-bond acceptors (Lipinski definition) is 4. The van der Waals surface area contributed by atoms with Crippen LogP contribution in [0.15, 0.2) is 0 Å². The van der Waals surface area contributed by atoms with E-state index in [1.54, 1.807) is 0 Å². The first-order valence-corrected chi connectivity index (χ1v) is 3.84. The number of nitrogens with one attached hydrogen (secondary N) is 1. The van der Waals surface area contributed by atoms with Crippen molar-refractivity contribution >= 4 is 5.82 Å². The average Bonchev–Trinajstić information content (AvgIpc) is 2.47. The molecule has 0 aliphatic rings. The van der Waals surface area contributed by atoms with Crippen molar-refractivity contribution in [3.63, 3.8) is 0 Å². The second-order valence-electron chi connectivity index (χ2n) is 2.48. The van der Waals surface area contributed by atoms with Gasteiger partial charge in [0.1, 0.15) is 0 Å². The van der Waals surface area contributed by atoms with Crippen LogP contribution in [0.5, 0.6) is 0 Å². The lowest BCUT2D eigenvalue weighted by molar-refractivity contribution is 0.572. The van der Waals surface area contributed by atoms with Crippen molar-refractivity contribution in [3.8, 4) is 0 Å². The highest BCUT2D eigenvalue weighted by atomic mass is 19.1. The van der Waals surface area contributed by atoms with Crippen molar-refractivity contribution in [1.82, 2.24) is 15.4 Å². The maximum absolute atomic E-state index is 12.7. The predicted molar refractivity (Wildman–Crippen MR) is 42.8 cm³/mol. The van der Waals surface area contributed by atoms with Gasteiger partial charge in [0.2, 0.25) is 5.82 Å². The quantitative estimate of drug-likeness (QED) is 0.511. The molecule has 1 heterocycles. The Balaban J connectivity index is 2.52. The van der Waals surface area contributed by atoms with Crippen molar-refractivity contribution in [1.29, 1.82) is 0 Å². The zero-order chi connectivity index (χ0) is 8.97. The highest BCUT2D eigenvalue weighted by Gasteiger charge is 2.11. The molecule has 1 aromatic heterocycles. The Morgan fingerprint density at radius 2 is 2.33 bits per heavy atom. The molecule has 0 aliphatic carbocycles. The molecule has 0 aromatic carbocycles. The van der Waals surface area contributed by atoms with E-state index in [0.29, 0.717) is 6.54 Å². The number of unbranched alkanes of at least 4 members (excludes halogenated alkanes) is 1. The molecule has 0 fully saturated rings. The zero-order valence-corrected chi connectivity index (χ0v) is 6.92. The molecule has 5 nitrogen and oxygen atoms in total. The third-order valence-electron chi connectivity index (χ3n) is 1.51. The predicted octanol–water partition coefficient (Wildman–Crippen LogP) is 0.424. The zero-order valence-electron chi connectivity index (χ0n) is 6.92. The lowest BCUT2D eigenvalue weighted by Gasteiger charge is -2.13. The lowest BCUT2D eigenvalue weighted by Crippen LogP contribution is -2.32. The van der Waals surface area contributed by atoms with E-state index in [-0.39, 0.29) is 5.82 Å². The van der Waals surface area contributed by atoms with Gasteiger partial charge in [0.15, 0.2) is 0 Å². The standard InChI is InChI=1S/C6H12FN5/c1-2-3-4-12(8)6-5(7)9-11-10-6/h2-4,8H2,1H3,(H,9,10,11). The van der Waals surface area contributed by atoms with Crippen LogP contribution in [0.1, 0.15) is 19.8 Å². The summed E-state index contributed by atoms with van der Waals surface area (Å²) in [7, 11) is 0. The van der Waals surface area contributed by atoms with Crippen LogP contribution in [-0.4, -0.2) is 22.0 Å². The molecule has 0 spiro atoms. The number of nitrogens with two attached hydrogens (primary N) is 1. The number of anilines is 1. The molecule has 12 heavy (non-hydrogen) atoms. The third-order valence-corrected chi connectivity index (χ3v) is 1.51. The van der Waals surface area contributed by atoms with E-state index in [1.165, 1.54) is 5.01 Å².